The van der Waals surface area contributed by atoms with E-state index in [0.29, 0.717) is 0 Å². The number of rotatable bonds is 4. The van der Waals surface area contributed by atoms with Crippen LogP contribution in [0.25, 0.3) is 0 Å². The van der Waals surface area contributed by atoms with E-state index >= 15 is 0 Å². The van der Waals surface area contributed by atoms with Gasteiger partial charge in [0.05, 0.1) is 5.69 Å². The van der Waals surface area contributed by atoms with Crippen molar-refractivity contribution >= 4 is 17.3 Å². The SMILES string of the molecule is CCCc1csc(C2(C(=O)O)CCC2)n1. The second kappa shape index (κ2) is 3.93. The standard InChI is InChI=1S/C11H15NO2S/c1-2-4-8-7-15-9(12-8)11(10(13)14)5-3-6-11/h7H,2-6H2,1H3,(H,13,14). The highest BCUT2D eigenvalue weighted by atomic mass is 32.1. The van der Waals surface area contributed by atoms with Crippen molar-refractivity contribution < 1.29 is 9.90 Å². The molecule has 1 heterocycles. The van der Waals surface area contributed by atoms with Crippen LogP contribution in [0.15, 0.2) is 5.38 Å². The molecule has 0 bridgehead atoms. The molecule has 2 rings (SSSR count). The fourth-order valence-electron chi connectivity index (χ4n) is 1.95. The first-order chi connectivity index (χ1) is 7.19. The number of hydrogen-bond donors (Lipinski definition) is 1. The Labute approximate surface area is 93.2 Å². The molecule has 0 aromatic carbocycles. The van der Waals surface area contributed by atoms with Crippen LogP contribution < -0.4 is 0 Å². The van der Waals surface area contributed by atoms with Gasteiger partial charge in [-0.1, -0.05) is 19.8 Å². The summed E-state index contributed by atoms with van der Waals surface area (Å²) in [6, 6.07) is 0. The highest BCUT2D eigenvalue weighted by molar-refractivity contribution is 7.10. The Bertz CT molecular complexity index is 368. The van der Waals surface area contributed by atoms with Crippen molar-refractivity contribution in [3.63, 3.8) is 0 Å². The van der Waals surface area contributed by atoms with Crippen molar-refractivity contribution in [2.75, 3.05) is 0 Å². The number of nitrogens with zero attached hydrogens (tertiary/aromatic N) is 1. The zero-order valence-corrected chi connectivity index (χ0v) is 9.64. The van der Waals surface area contributed by atoms with Gasteiger partial charge in [0.15, 0.2) is 0 Å². The Morgan fingerprint density at radius 2 is 2.40 bits per heavy atom. The van der Waals surface area contributed by atoms with Crippen LogP contribution in [0.1, 0.15) is 43.3 Å². The van der Waals surface area contributed by atoms with E-state index in [1.54, 1.807) is 0 Å². The second-order valence-corrected chi connectivity index (χ2v) is 4.99. The van der Waals surface area contributed by atoms with Crippen LogP contribution >= 0.6 is 11.3 Å². The second-order valence-electron chi connectivity index (χ2n) is 4.13. The number of carboxylic acids is 1. The van der Waals surface area contributed by atoms with Crippen LogP contribution in [-0.4, -0.2) is 16.1 Å². The van der Waals surface area contributed by atoms with Crippen molar-refractivity contribution in [3.8, 4) is 0 Å². The van der Waals surface area contributed by atoms with Crippen molar-refractivity contribution in [1.29, 1.82) is 0 Å². The summed E-state index contributed by atoms with van der Waals surface area (Å²) >= 11 is 1.51. The fraction of sp³-hybridized carbons (Fsp3) is 0.636. The van der Waals surface area contributed by atoms with Gasteiger partial charge in [-0.3, -0.25) is 4.79 Å². The van der Waals surface area contributed by atoms with Gasteiger partial charge in [0.1, 0.15) is 10.4 Å². The molecule has 0 amide bonds. The minimum atomic E-state index is -0.703. The Hall–Kier alpha value is -0.900. The summed E-state index contributed by atoms with van der Waals surface area (Å²) in [5.74, 6) is -0.703. The number of aryl methyl sites for hydroxylation is 1. The van der Waals surface area contributed by atoms with Gasteiger partial charge in [-0.15, -0.1) is 11.3 Å². The summed E-state index contributed by atoms with van der Waals surface area (Å²) in [6.07, 6.45) is 4.52. The van der Waals surface area contributed by atoms with E-state index < -0.39 is 11.4 Å². The van der Waals surface area contributed by atoms with Gasteiger partial charge in [-0.25, -0.2) is 4.98 Å². The lowest BCUT2D eigenvalue weighted by Gasteiger charge is -2.35. The molecule has 0 radical (unpaired) electrons. The first kappa shape index (κ1) is 10.6. The van der Waals surface area contributed by atoms with E-state index in [2.05, 4.69) is 11.9 Å². The Morgan fingerprint density at radius 3 is 2.87 bits per heavy atom. The smallest absolute Gasteiger partial charge is 0.316 e. The molecule has 1 aromatic heterocycles. The van der Waals surface area contributed by atoms with Crippen LogP contribution in [-0.2, 0) is 16.6 Å². The predicted molar refractivity (Wildman–Crippen MR) is 59.3 cm³/mol. The Morgan fingerprint density at radius 1 is 1.67 bits per heavy atom. The van der Waals surface area contributed by atoms with Gasteiger partial charge in [0, 0.05) is 5.38 Å². The average Bonchev–Trinajstić information content (AvgIpc) is 2.51. The third kappa shape index (κ3) is 1.67. The summed E-state index contributed by atoms with van der Waals surface area (Å²) in [4.78, 5) is 15.7. The average molecular weight is 225 g/mol. The number of aliphatic carboxylic acids is 1. The summed E-state index contributed by atoms with van der Waals surface area (Å²) in [7, 11) is 0. The molecular formula is C11H15NO2S. The zero-order chi connectivity index (χ0) is 10.9. The lowest BCUT2D eigenvalue weighted by molar-refractivity contribution is -0.147. The minimum Gasteiger partial charge on any atom is -0.481 e. The summed E-state index contributed by atoms with van der Waals surface area (Å²) in [6.45, 7) is 2.11. The number of hydrogen-bond acceptors (Lipinski definition) is 3. The lowest BCUT2D eigenvalue weighted by atomic mass is 9.69. The molecule has 0 atom stereocenters. The normalized spacial score (nSPS) is 18.5. The van der Waals surface area contributed by atoms with E-state index in [-0.39, 0.29) is 0 Å². The van der Waals surface area contributed by atoms with E-state index in [9.17, 15) is 9.90 Å². The molecule has 1 aliphatic carbocycles. The molecule has 82 valence electrons. The first-order valence-electron chi connectivity index (χ1n) is 5.37. The number of aromatic nitrogens is 1. The van der Waals surface area contributed by atoms with Crippen LogP contribution in [0, 0.1) is 0 Å². The molecule has 0 spiro atoms. The summed E-state index contributed by atoms with van der Waals surface area (Å²) in [5.41, 5.74) is 0.404. The van der Waals surface area contributed by atoms with Crippen molar-refractivity contribution in [2.24, 2.45) is 0 Å². The van der Waals surface area contributed by atoms with Gasteiger partial charge in [-0.05, 0) is 19.3 Å². The molecule has 0 saturated heterocycles. The molecule has 15 heavy (non-hydrogen) atoms. The van der Waals surface area contributed by atoms with Crippen molar-refractivity contribution in [3.05, 3.63) is 16.1 Å². The lowest BCUT2D eigenvalue weighted by Crippen LogP contribution is -2.42. The molecule has 0 unspecified atom stereocenters. The zero-order valence-electron chi connectivity index (χ0n) is 8.82. The molecule has 0 aliphatic heterocycles. The molecule has 1 saturated carbocycles. The van der Waals surface area contributed by atoms with E-state index in [1.165, 1.54) is 11.3 Å². The maximum atomic E-state index is 11.2. The van der Waals surface area contributed by atoms with Crippen LogP contribution in [0.5, 0.6) is 0 Å². The summed E-state index contributed by atoms with van der Waals surface area (Å²) < 4.78 is 0. The maximum Gasteiger partial charge on any atom is 0.316 e. The highest BCUT2D eigenvalue weighted by Gasteiger charge is 2.48. The highest BCUT2D eigenvalue weighted by Crippen LogP contribution is 2.45. The van der Waals surface area contributed by atoms with Crippen LogP contribution in [0.3, 0.4) is 0 Å². The van der Waals surface area contributed by atoms with Crippen LogP contribution in [0.2, 0.25) is 0 Å². The number of carbonyl (C=O) groups is 1. The minimum absolute atomic E-state index is 0.642. The first-order valence-corrected chi connectivity index (χ1v) is 6.25. The van der Waals surface area contributed by atoms with Crippen molar-refractivity contribution in [1.82, 2.24) is 4.98 Å². The van der Waals surface area contributed by atoms with Gasteiger partial charge >= 0.3 is 5.97 Å². The van der Waals surface area contributed by atoms with E-state index in [4.69, 9.17) is 0 Å². The van der Waals surface area contributed by atoms with E-state index in [0.717, 1.165) is 42.8 Å². The van der Waals surface area contributed by atoms with E-state index in [1.807, 2.05) is 5.38 Å². The summed E-state index contributed by atoms with van der Waals surface area (Å²) in [5, 5.41) is 12.1. The number of thiazole rings is 1. The molecule has 1 aromatic rings. The molecule has 1 N–H and O–H groups in total. The Balaban J connectivity index is 2.23. The van der Waals surface area contributed by atoms with Gasteiger partial charge in [-0.2, -0.15) is 0 Å². The molecular weight excluding hydrogens is 210 g/mol. The van der Waals surface area contributed by atoms with Gasteiger partial charge < -0.3 is 5.11 Å². The number of carboxylic acid groups (broad SMARTS) is 1. The predicted octanol–water partition coefficient (Wildman–Crippen LogP) is 2.60. The molecule has 1 fully saturated rings. The monoisotopic (exact) mass is 225 g/mol. The molecule has 4 heteroatoms. The largest absolute Gasteiger partial charge is 0.481 e. The third-order valence-corrected chi connectivity index (χ3v) is 4.18. The fourth-order valence-corrected chi connectivity index (χ4v) is 3.05. The third-order valence-electron chi connectivity index (χ3n) is 3.08. The van der Waals surface area contributed by atoms with Gasteiger partial charge in [0.2, 0.25) is 0 Å². The molecule has 3 nitrogen and oxygen atoms in total. The van der Waals surface area contributed by atoms with Crippen molar-refractivity contribution in [2.45, 2.75) is 44.4 Å². The quantitative estimate of drug-likeness (QED) is 0.857. The van der Waals surface area contributed by atoms with Crippen LogP contribution in [0.4, 0.5) is 0 Å². The molecule has 1 aliphatic rings. The Kier molecular flexibility index (Phi) is 2.78. The maximum absolute atomic E-state index is 11.2. The van der Waals surface area contributed by atoms with Gasteiger partial charge in [0.25, 0.3) is 0 Å². The topological polar surface area (TPSA) is 50.2 Å².